The van der Waals surface area contributed by atoms with Gasteiger partial charge in [-0.15, -0.1) is 0 Å². The Kier molecular flexibility index (Phi) is 6.21. The van der Waals surface area contributed by atoms with E-state index in [0.29, 0.717) is 5.75 Å². The lowest BCUT2D eigenvalue weighted by atomic mass is 9.94. The Morgan fingerprint density at radius 1 is 1.15 bits per heavy atom. The van der Waals surface area contributed by atoms with Crippen molar-refractivity contribution in [2.45, 2.75) is 39.5 Å². The van der Waals surface area contributed by atoms with Crippen LogP contribution in [0.2, 0.25) is 0 Å². The number of hydrogen-bond acceptors (Lipinski definition) is 5. The molecule has 6 heteroatoms. The Morgan fingerprint density at radius 3 is 2.05 bits per heavy atom. The molecule has 0 N–H and O–H groups in total. The molecule has 20 heavy (non-hydrogen) atoms. The van der Waals surface area contributed by atoms with Crippen LogP contribution < -0.4 is 9.63 Å². The van der Waals surface area contributed by atoms with Crippen molar-refractivity contribution in [3.05, 3.63) is 29.3 Å². The van der Waals surface area contributed by atoms with E-state index >= 15 is 0 Å². The van der Waals surface area contributed by atoms with Crippen molar-refractivity contribution in [1.82, 2.24) is 0 Å². The van der Waals surface area contributed by atoms with E-state index in [1.807, 2.05) is 18.2 Å². The maximum Gasteiger partial charge on any atom is 0.270 e. The molecule has 0 saturated carbocycles. The maximum absolute atomic E-state index is 11.1. The summed E-state index contributed by atoms with van der Waals surface area (Å²) >= 11 is 0. The number of phosphoric acid groups is 1. The molecule has 0 aliphatic heterocycles. The minimum absolute atomic E-state index is 0.269. The van der Waals surface area contributed by atoms with Crippen LogP contribution in [-0.2, 0) is 13.6 Å². The fourth-order valence-electron chi connectivity index (χ4n) is 1.85. The van der Waals surface area contributed by atoms with Gasteiger partial charge in [0.25, 0.3) is 7.82 Å². The highest BCUT2D eigenvalue weighted by Crippen LogP contribution is 2.38. The van der Waals surface area contributed by atoms with Crippen LogP contribution in [0.5, 0.6) is 5.75 Å². The Hall–Kier alpha value is -0.870. The van der Waals surface area contributed by atoms with Crippen LogP contribution >= 0.6 is 7.82 Å². The van der Waals surface area contributed by atoms with E-state index in [9.17, 15) is 9.46 Å². The second-order valence-electron chi connectivity index (χ2n) is 5.10. The SMILES string of the molecule is COP(=O)([O-])OCOc1c(C(C)C)cccc1C(C)C. The Balaban J connectivity index is 2.94. The molecule has 5 nitrogen and oxygen atoms in total. The van der Waals surface area contributed by atoms with E-state index in [2.05, 4.69) is 36.7 Å². The van der Waals surface area contributed by atoms with E-state index in [1.165, 1.54) is 0 Å². The predicted octanol–water partition coefficient (Wildman–Crippen LogP) is 3.40. The zero-order valence-corrected chi connectivity index (χ0v) is 13.5. The summed E-state index contributed by atoms with van der Waals surface area (Å²) in [5.74, 6) is 1.23. The molecule has 0 aromatic heterocycles. The maximum atomic E-state index is 11.1. The average molecular weight is 301 g/mol. The molecule has 0 spiro atoms. The molecule has 0 heterocycles. The predicted molar refractivity (Wildman–Crippen MR) is 75.8 cm³/mol. The number of hydrogen-bond donors (Lipinski definition) is 0. The second kappa shape index (κ2) is 7.23. The Morgan fingerprint density at radius 2 is 1.65 bits per heavy atom. The van der Waals surface area contributed by atoms with Crippen molar-refractivity contribution in [3.8, 4) is 5.75 Å². The third-order valence-electron chi connectivity index (χ3n) is 2.96. The van der Waals surface area contributed by atoms with Crippen molar-refractivity contribution in [1.29, 1.82) is 0 Å². The van der Waals surface area contributed by atoms with Crippen LogP contribution in [0.25, 0.3) is 0 Å². The van der Waals surface area contributed by atoms with Crippen molar-refractivity contribution >= 4 is 7.82 Å². The number of rotatable bonds is 7. The lowest BCUT2D eigenvalue weighted by molar-refractivity contribution is -0.227. The summed E-state index contributed by atoms with van der Waals surface area (Å²) < 4.78 is 25.5. The van der Waals surface area contributed by atoms with Crippen LogP contribution in [-0.4, -0.2) is 13.9 Å². The molecule has 114 valence electrons. The summed E-state index contributed by atoms with van der Waals surface area (Å²) in [5.41, 5.74) is 2.05. The van der Waals surface area contributed by atoms with Gasteiger partial charge in [0.1, 0.15) is 5.75 Å². The first-order chi connectivity index (χ1) is 9.28. The molecule has 0 aliphatic carbocycles. The second-order valence-corrected chi connectivity index (χ2v) is 6.61. The first kappa shape index (κ1) is 17.2. The van der Waals surface area contributed by atoms with Crippen molar-refractivity contribution in [2.24, 2.45) is 0 Å². The molecule has 0 aliphatic rings. The zero-order chi connectivity index (χ0) is 15.3. The first-order valence-corrected chi connectivity index (χ1v) is 8.01. The molecule has 0 bridgehead atoms. The topological polar surface area (TPSA) is 67.8 Å². The van der Waals surface area contributed by atoms with Gasteiger partial charge in [-0.1, -0.05) is 45.9 Å². The van der Waals surface area contributed by atoms with E-state index in [4.69, 9.17) is 4.74 Å². The highest BCUT2D eigenvalue weighted by atomic mass is 31.2. The third-order valence-corrected chi connectivity index (χ3v) is 3.83. The van der Waals surface area contributed by atoms with E-state index in [-0.39, 0.29) is 11.8 Å². The number of ether oxygens (including phenoxy) is 1. The number of phosphoric ester groups is 1. The quantitative estimate of drug-likeness (QED) is 0.570. The monoisotopic (exact) mass is 301 g/mol. The Labute approximate surface area is 120 Å². The Bertz CT molecular complexity index is 458. The third kappa shape index (κ3) is 4.60. The van der Waals surface area contributed by atoms with Crippen LogP contribution in [0.15, 0.2) is 18.2 Å². The van der Waals surface area contributed by atoms with Crippen LogP contribution in [0, 0.1) is 0 Å². The minimum atomic E-state index is -4.26. The van der Waals surface area contributed by atoms with Gasteiger partial charge in [0.15, 0.2) is 6.79 Å². The summed E-state index contributed by atoms with van der Waals surface area (Å²) in [6.07, 6.45) is 0. The summed E-state index contributed by atoms with van der Waals surface area (Å²) in [5, 5.41) is 0. The molecule has 1 rings (SSSR count). The summed E-state index contributed by atoms with van der Waals surface area (Å²) in [6, 6.07) is 5.92. The molecule has 0 saturated heterocycles. The smallest absolute Gasteiger partial charge is 0.270 e. The minimum Gasteiger partial charge on any atom is -0.756 e. The number of para-hydroxylation sites is 1. The fourth-order valence-corrected chi connectivity index (χ4v) is 2.14. The van der Waals surface area contributed by atoms with Gasteiger partial charge in [0.2, 0.25) is 0 Å². The molecule has 0 fully saturated rings. The van der Waals surface area contributed by atoms with Gasteiger partial charge in [0, 0.05) is 7.11 Å². The van der Waals surface area contributed by atoms with Crippen LogP contribution in [0.4, 0.5) is 0 Å². The van der Waals surface area contributed by atoms with Crippen LogP contribution in [0.1, 0.15) is 50.7 Å². The van der Waals surface area contributed by atoms with Crippen molar-refractivity contribution < 1.29 is 23.2 Å². The molecule has 0 radical (unpaired) electrons. The highest BCUT2D eigenvalue weighted by Gasteiger charge is 2.16. The molecule has 1 aromatic carbocycles. The molecule has 1 atom stereocenters. The van der Waals surface area contributed by atoms with Gasteiger partial charge in [-0.3, -0.25) is 9.09 Å². The molecule has 1 unspecified atom stereocenters. The van der Waals surface area contributed by atoms with Gasteiger partial charge in [-0.05, 0) is 23.0 Å². The van der Waals surface area contributed by atoms with Gasteiger partial charge < -0.3 is 14.2 Å². The molecule has 0 amide bonds. The molecular formula is C14H22O5P-. The standard InChI is InChI=1S/C14H23O5P/c1-10(2)12-7-6-8-13(11(3)4)14(12)18-9-19-20(15,16)17-5/h6-8,10-11H,9H2,1-5H3,(H,15,16)/p-1. The first-order valence-electron chi connectivity index (χ1n) is 6.55. The van der Waals surface area contributed by atoms with Crippen molar-refractivity contribution in [3.63, 3.8) is 0 Å². The summed E-state index contributed by atoms with van der Waals surface area (Å²) in [7, 11) is -3.21. The van der Waals surface area contributed by atoms with Crippen LogP contribution in [0.3, 0.4) is 0 Å². The molecular weight excluding hydrogens is 279 g/mol. The van der Waals surface area contributed by atoms with Gasteiger partial charge in [-0.25, -0.2) is 0 Å². The lowest BCUT2D eigenvalue weighted by Crippen LogP contribution is -2.12. The van der Waals surface area contributed by atoms with Gasteiger partial charge in [-0.2, -0.15) is 0 Å². The summed E-state index contributed by atoms with van der Waals surface area (Å²) in [4.78, 5) is 11.1. The van der Waals surface area contributed by atoms with Gasteiger partial charge in [0.05, 0.1) is 0 Å². The normalized spacial score (nSPS) is 14.6. The van der Waals surface area contributed by atoms with E-state index in [1.54, 1.807) is 0 Å². The van der Waals surface area contributed by atoms with Crippen molar-refractivity contribution in [2.75, 3.05) is 13.9 Å². The van der Waals surface area contributed by atoms with E-state index < -0.39 is 14.6 Å². The lowest BCUT2D eigenvalue weighted by Gasteiger charge is -2.23. The number of benzene rings is 1. The summed E-state index contributed by atoms with van der Waals surface area (Å²) in [6.45, 7) is 7.83. The fraction of sp³-hybridized carbons (Fsp3) is 0.571. The largest absolute Gasteiger partial charge is 0.756 e. The van der Waals surface area contributed by atoms with Gasteiger partial charge >= 0.3 is 0 Å². The zero-order valence-electron chi connectivity index (χ0n) is 12.6. The van der Waals surface area contributed by atoms with E-state index in [0.717, 1.165) is 18.2 Å². The molecule has 1 aromatic rings. The highest BCUT2D eigenvalue weighted by molar-refractivity contribution is 7.45. The average Bonchev–Trinajstić information content (AvgIpc) is 2.38.